The number of nitrogens with one attached hydrogen (secondary N) is 1. The molecule has 3 aromatic carbocycles. The number of aryl methyl sites for hydroxylation is 2. The summed E-state index contributed by atoms with van der Waals surface area (Å²) in [5, 5.41) is 3.18. The van der Waals surface area contributed by atoms with Gasteiger partial charge in [-0.1, -0.05) is 18.2 Å². The molecule has 1 saturated heterocycles. The largest absolute Gasteiger partial charge is 0.493 e. The minimum absolute atomic E-state index is 0.143. The Morgan fingerprint density at radius 2 is 1.62 bits per heavy atom. The van der Waals surface area contributed by atoms with Crippen LogP contribution in [-0.2, 0) is 0 Å². The third kappa shape index (κ3) is 8.90. The number of benzene rings is 3. The second-order valence-corrected chi connectivity index (χ2v) is 12.3. The molecule has 1 aliphatic heterocycles. The van der Waals surface area contributed by atoms with Crippen LogP contribution in [0.1, 0.15) is 25.0 Å². The van der Waals surface area contributed by atoms with Gasteiger partial charge < -0.3 is 33.9 Å². The van der Waals surface area contributed by atoms with Crippen molar-refractivity contribution in [1.29, 1.82) is 0 Å². The molecule has 1 fully saturated rings. The summed E-state index contributed by atoms with van der Waals surface area (Å²) in [6.45, 7) is 12.6. The molecule has 0 aliphatic carbocycles. The summed E-state index contributed by atoms with van der Waals surface area (Å²) >= 11 is 0. The van der Waals surface area contributed by atoms with Gasteiger partial charge in [0.05, 0.1) is 26.0 Å². The summed E-state index contributed by atoms with van der Waals surface area (Å²) in [5.41, 5.74) is 2.34. The van der Waals surface area contributed by atoms with Gasteiger partial charge in [-0.25, -0.2) is 19.1 Å². The quantitative estimate of drug-likeness (QED) is 0.161. The normalized spacial score (nSPS) is 13.5. The molecule has 1 aromatic heterocycles. The van der Waals surface area contributed by atoms with Gasteiger partial charge in [0.15, 0.2) is 11.5 Å². The molecular weight excluding hydrogens is 643 g/mol. The van der Waals surface area contributed by atoms with Crippen LogP contribution in [0.15, 0.2) is 60.8 Å². The Morgan fingerprint density at radius 1 is 0.940 bits per heavy atom. The van der Waals surface area contributed by atoms with Crippen molar-refractivity contribution in [3.8, 4) is 28.7 Å². The minimum Gasteiger partial charge on any atom is -0.493 e. The highest BCUT2D eigenvalue weighted by molar-refractivity contribution is 5.98. The highest BCUT2D eigenvalue weighted by Gasteiger charge is 2.28. The monoisotopic (exact) mass is 688 g/mol. The summed E-state index contributed by atoms with van der Waals surface area (Å²) in [6, 6.07) is 14.6. The lowest BCUT2D eigenvalue weighted by Gasteiger charge is -2.32. The van der Waals surface area contributed by atoms with Crippen LogP contribution in [0.25, 0.3) is 0 Å². The number of hydrogen-bond donors (Lipinski definition) is 1. The molecule has 1 amide bonds. The Hall–Kier alpha value is -5.14. The van der Waals surface area contributed by atoms with Crippen molar-refractivity contribution in [2.24, 2.45) is 0 Å². The Morgan fingerprint density at radius 3 is 2.26 bits per heavy atom. The van der Waals surface area contributed by atoms with Gasteiger partial charge in [-0.3, -0.25) is 4.90 Å². The van der Waals surface area contributed by atoms with Crippen LogP contribution in [-0.4, -0.2) is 92.6 Å². The van der Waals surface area contributed by atoms with Gasteiger partial charge in [0.2, 0.25) is 11.7 Å². The van der Waals surface area contributed by atoms with E-state index in [1.54, 1.807) is 32.4 Å². The van der Waals surface area contributed by atoms with E-state index in [2.05, 4.69) is 32.1 Å². The number of carbonyl (C=O) groups excluding carboxylic acids is 1. The van der Waals surface area contributed by atoms with E-state index < -0.39 is 11.9 Å². The number of rotatable bonds is 13. The van der Waals surface area contributed by atoms with Gasteiger partial charge in [0.25, 0.3) is 0 Å². The number of carbonyl (C=O) groups is 1. The fraction of sp³-hybridized carbons (Fsp3) is 0.378. The molecule has 1 N–H and O–H groups in total. The molecule has 5 rings (SSSR count). The Labute approximate surface area is 292 Å². The van der Waals surface area contributed by atoms with E-state index in [0.717, 1.165) is 43.9 Å². The van der Waals surface area contributed by atoms with E-state index in [-0.39, 0.29) is 29.3 Å². The predicted octanol–water partition coefficient (Wildman–Crippen LogP) is 6.74. The molecule has 13 heteroatoms. The number of methoxy groups -OCH3 is 2. The van der Waals surface area contributed by atoms with Crippen molar-refractivity contribution >= 4 is 29.2 Å². The second-order valence-electron chi connectivity index (χ2n) is 12.3. The molecule has 12 nitrogen and oxygen atoms in total. The van der Waals surface area contributed by atoms with Crippen molar-refractivity contribution in [3.05, 3.63) is 77.7 Å². The number of ether oxygens (including phenoxy) is 5. The molecule has 50 heavy (non-hydrogen) atoms. The molecule has 266 valence electrons. The third-order valence-corrected chi connectivity index (χ3v) is 8.14. The Kier molecular flexibility index (Phi) is 11.9. The van der Waals surface area contributed by atoms with Crippen LogP contribution in [0.3, 0.4) is 0 Å². The lowest BCUT2D eigenvalue weighted by Crippen LogP contribution is -2.45. The number of hydrogen-bond acceptors (Lipinski definition) is 11. The molecule has 0 atom stereocenters. The number of para-hydroxylation sites is 1. The average molecular weight is 689 g/mol. The summed E-state index contributed by atoms with van der Waals surface area (Å²) in [7, 11) is 5.24. The van der Waals surface area contributed by atoms with Gasteiger partial charge in [-0.15, -0.1) is 0 Å². The van der Waals surface area contributed by atoms with Gasteiger partial charge in [-0.05, 0) is 58.0 Å². The van der Waals surface area contributed by atoms with Crippen LogP contribution < -0.4 is 33.9 Å². The fourth-order valence-electron chi connectivity index (χ4n) is 5.54. The van der Waals surface area contributed by atoms with Crippen molar-refractivity contribution in [2.75, 3.05) is 70.8 Å². The van der Waals surface area contributed by atoms with Crippen LogP contribution in [0.2, 0.25) is 0 Å². The average Bonchev–Trinajstić information content (AvgIpc) is 3.08. The van der Waals surface area contributed by atoms with Gasteiger partial charge in [0, 0.05) is 68.9 Å². The van der Waals surface area contributed by atoms with Crippen molar-refractivity contribution in [2.45, 2.75) is 33.8 Å². The highest BCUT2D eigenvalue weighted by Crippen LogP contribution is 2.41. The number of piperazine rings is 1. The first kappa shape index (κ1) is 36.1. The lowest BCUT2D eigenvalue weighted by atomic mass is 10.1. The topological polar surface area (TPSA) is 111 Å². The number of nitrogens with zero attached hydrogens (tertiary/aromatic N) is 5. The molecular formula is C37H45FN6O6. The smallest absolute Gasteiger partial charge is 0.425 e. The predicted molar refractivity (Wildman–Crippen MR) is 191 cm³/mol. The SMILES string of the molecule is COc1cc(Nc2nccc(N(C(=O)Oc3c(C)cccc3C)c3ccc(F)cc3OC(C)C)n2)cc(OC)c1OCCN1CCN(C)CC1. The molecule has 0 saturated carbocycles. The van der Waals surface area contributed by atoms with Crippen molar-refractivity contribution in [3.63, 3.8) is 0 Å². The first-order valence-corrected chi connectivity index (χ1v) is 16.5. The van der Waals surface area contributed by atoms with E-state index in [1.807, 2.05) is 45.9 Å². The van der Waals surface area contributed by atoms with Crippen LogP contribution in [0, 0.1) is 19.7 Å². The van der Waals surface area contributed by atoms with E-state index in [0.29, 0.717) is 35.3 Å². The maximum Gasteiger partial charge on any atom is 0.425 e. The number of amides is 1. The fourth-order valence-corrected chi connectivity index (χ4v) is 5.54. The molecule has 0 unspecified atom stereocenters. The number of aromatic nitrogens is 2. The zero-order valence-electron chi connectivity index (χ0n) is 29.7. The lowest BCUT2D eigenvalue weighted by molar-refractivity contribution is 0.131. The van der Waals surface area contributed by atoms with E-state index in [4.69, 9.17) is 23.7 Å². The molecule has 1 aliphatic rings. The summed E-state index contributed by atoms with van der Waals surface area (Å²) < 4.78 is 43.9. The highest BCUT2D eigenvalue weighted by atomic mass is 19.1. The van der Waals surface area contributed by atoms with Crippen LogP contribution in [0.4, 0.5) is 32.3 Å². The van der Waals surface area contributed by atoms with Gasteiger partial charge in [0.1, 0.15) is 29.7 Å². The zero-order chi connectivity index (χ0) is 35.8. The number of anilines is 4. The van der Waals surface area contributed by atoms with Crippen LogP contribution >= 0.6 is 0 Å². The second kappa shape index (κ2) is 16.5. The number of likely N-dealkylation sites (N-methyl/N-ethyl adjacent to an activating group) is 1. The molecule has 2 heterocycles. The van der Waals surface area contributed by atoms with Crippen LogP contribution in [0.5, 0.6) is 28.7 Å². The van der Waals surface area contributed by atoms with Gasteiger partial charge >= 0.3 is 6.09 Å². The van der Waals surface area contributed by atoms with Crippen molar-refractivity contribution in [1.82, 2.24) is 19.8 Å². The maximum atomic E-state index is 14.5. The molecule has 0 radical (unpaired) electrons. The summed E-state index contributed by atoms with van der Waals surface area (Å²) in [5.74, 6) is 1.75. The summed E-state index contributed by atoms with van der Waals surface area (Å²) in [4.78, 5) is 29.0. The zero-order valence-corrected chi connectivity index (χ0v) is 29.7. The molecule has 0 spiro atoms. The summed E-state index contributed by atoms with van der Waals surface area (Å²) in [6.07, 6.45) is 0.424. The van der Waals surface area contributed by atoms with E-state index in [9.17, 15) is 9.18 Å². The molecule has 0 bridgehead atoms. The standard InChI is InChI=1S/C37H45FN6O6/c1-24(2)49-30-21-27(38)11-12-29(30)44(37(45)50-34-25(3)9-8-10-26(34)4)33-13-14-39-36(41-33)40-28-22-31(46-6)35(32(23-28)47-7)48-20-19-43-17-15-42(5)16-18-43/h8-14,21-24H,15-20H2,1-7H3,(H,39,40,41). The van der Waals surface area contributed by atoms with E-state index in [1.165, 1.54) is 29.3 Å². The Balaban J connectivity index is 1.44. The van der Waals surface area contributed by atoms with E-state index >= 15 is 0 Å². The maximum absolute atomic E-state index is 14.5. The molecule has 4 aromatic rings. The first-order valence-electron chi connectivity index (χ1n) is 16.5. The number of halogens is 1. The Bertz CT molecular complexity index is 1740. The minimum atomic E-state index is -0.770. The third-order valence-electron chi connectivity index (χ3n) is 8.14. The van der Waals surface area contributed by atoms with Gasteiger partial charge in [-0.2, -0.15) is 4.98 Å². The first-order chi connectivity index (χ1) is 24.1. The van der Waals surface area contributed by atoms with Crippen molar-refractivity contribution < 1.29 is 32.9 Å².